The van der Waals surface area contributed by atoms with Crippen LogP contribution in [0, 0.1) is 25.2 Å². The molecule has 0 saturated heterocycles. The van der Waals surface area contributed by atoms with Crippen LogP contribution < -0.4 is 11.1 Å². The van der Waals surface area contributed by atoms with Crippen LogP contribution in [0.2, 0.25) is 0 Å². The number of benzene rings is 1. The van der Waals surface area contributed by atoms with Gasteiger partial charge in [-0.15, -0.1) is 0 Å². The molecule has 0 spiro atoms. The van der Waals surface area contributed by atoms with Gasteiger partial charge in [-0.3, -0.25) is 14.3 Å². The monoisotopic (exact) mass is 483 g/mol. The van der Waals surface area contributed by atoms with Crippen molar-refractivity contribution in [3.8, 4) is 6.07 Å². The normalized spacial score (nSPS) is 11.4. The topological polar surface area (TPSA) is 153 Å². The Morgan fingerprint density at radius 3 is 2.51 bits per heavy atom. The number of hydrogen-bond donors (Lipinski definition) is 2. The van der Waals surface area contributed by atoms with E-state index in [9.17, 15) is 22.8 Å². The van der Waals surface area contributed by atoms with Gasteiger partial charge in [0.2, 0.25) is 0 Å². The van der Waals surface area contributed by atoms with E-state index in [-0.39, 0.29) is 40.3 Å². The molecule has 2 amide bonds. The summed E-state index contributed by atoms with van der Waals surface area (Å²) >= 11 is 0. The number of pyridine rings is 1. The number of fused-ring (bicyclic) bond motifs is 1. The van der Waals surface area contributed by atoms with Crippen molar-refractivity contribution in [3.05, 3.63) is 69.8 Å². The number of aryl methyl sites for hydroxylation is 1. The minimum atomic E-state index is -4.87. The van der Waals surface area contributed by atoms with Crippen LogP contribution in [0.15, 0.2) is 34.9 Å². The molecule has 0 aliphatic heterocycles. The van der Waals surface area contributed by atoms with Crippen LogP contribution in [0.1, 0.15) is 49.1 Å². The molecule has 3 heterocycles. The molecule has 0 aliphatic carbocycles. The summed E-state index contributed by atoms with van der Waals surface area (Å²) in [7, 11) is 0. The van der Waals surface area contributed by atoms with Crippen molar-refractivity contribution >= 4 is 28.6 Å². The molecule has 35 heavy (non-hydrogen) atoms. The first-order valence-corrected chi connectivity index (χ1v) is 10.0. The first-order valence-electron chi connectivity index (χ1n) is 10.0. The van der Waals surface area contributed by atoms with E-state index in [1.54, 1.807) is 12.1 Å². The lowest BCUT2D eigenvalue weighted by atomic mass is 10.1. The SMILES string of the molecule is Cc1noc2nc(C(N)=O)cc(C(=O)Nc3c(C(F)(F)F)nn(Cc4ccc(C#N)cc4)c3C)c12. The molecule has 0 unspecified atom stereocenters. The van der Waals surface area contributed by atoms with Gasteiger partial charge in [-0.05, 0) is 37.6 Å². The molecule has 4 aromatic rings. The second kappa shape index (κ2) is 8.56. The minimum Gasteiger partial charge on any atom is -0.364 e. The van der Waals surface area contributed by atoms with Crippen LogP contribution in [0.4, 0.5) is 18.9 Å². The smallest absolute Gasteiger partial charge is 0.364 e. The molecule has 0 aliphatic rings. The summed E-state index contributed by atoms with van der Waals surface area (Å²) in [6, 6.07) is 9.29. The lowest BCUT2D eigenvalue weighted by Gasteiger charge is -2.10. The van der Waals surface area contributed by atoms with Crippen LogP contribution >= 0.6 is 0 Å². The summed E-state index contributed by atoms with van der Waals surface area (Å²) in [6.07, 6.45) is -4.87. The van der Waals surface area contributed by atoms with E-state index in [2.05, 4.69) is 20.6 Å². The van der Waals surface area contributed by atoms with Crippen LogP contribution in [0.5, 0.6) is 0 Å². The number of anilines is 1. The van der Waals surface area contributed by atoms with E-state index in [1.165, 1.54) is 26.0 Å². The number of nitrogens with two attached hydrogens (primary N) is 1. The summed E-state index contributed by atoms with van der Waals surface area (Å²) < 4.78 is 47.5. The summed E-state index contributed by atoms with van der Waals surface area (Å²) in [5, 5.41) is 18.7. The van der Waals surface area contributed by atoms with E-state index in [1.807, 2.05) is 6.07 Å². The van der Waals surface area contributed by atoms with Gasteiger partial charge in [0, 0.05) is 0 Å². The highest BCUT2D eigenvalue weighted by molar-refractivity contribution is 6.14. The van der Waals surface area contributed by atoms with Gasteiger partial charge in [-0.1, -0.05) is 17.3 Å². The van der Waals surface area contributed by atoms with Crippen LogP contribution in [0.25, 0.3) is 11.1 Å². The Hall–Kier alpha value is -4.73. The minimum absolute atomic E-state index is 0.0351. The summed E-state index contributed by atoms with van der Waals surface area (Å²) in [4.78, 5) is 28.6. The number of nitrogens with zero attached hydrogens (tertiary/aromatic N) is 5. The fourth-order valence-corrected chi connectivity index (χ4v) is 3.49. The molecule has 0 bridgehead atoms. The fraction of sp³-hybridized carbons (Fsp3) is 0.182. The van der Waals surface area contributed by atoms with Crippen molar-refractivity contribution in [3.63, 3.8) is 0 Å². The molecule has 0 radical (unpaired) electrons. The van der Waals surface area contributed by atoms with E-state index >= 15 is 0 Å². The zero-order chi connectivity index (χ0) is 25.5. The maximum Gasteiger partial charge on any atom is 0.437 e. The molecule has 3 N–H and O–H groups in total. The van der Waals surface area contributed by atoms with Gasteiger partial charge >= 0.3 is 6.18 Å². The van der Waals surface area contributed by atoms with Gasteiger partial charge in [0.25, 0.3) is 17.5 Å². The van der Waals surface area contributed by atoms with Gasteiger partial charge in [0.15, 0.2) is 5.69 Å². The van der Waals surface area contributed by atoms with E-state index in [4.69, 9.17) is 15.5 Å². The van der Waals surface area contributed by atoms with E-state index in [0.717, 1.165) is 10.7 Å². The van der Waals surface area contributed by atoms with Crippen molar-refractivity contribution in [2.24, 2.45) is 5.73 Å². The molecule has 10 nitrogen and oxygen atoms in total. The number of aromatic nitrogens is 4. The van der Waals surface area contributed by atoms with Gasteiger partial charge in [0.05, 0.1) is 46.2 Å². The highest BCUT2D eigenvalue weighted by Gasteiger charge is 2.39. The lowest BCUT2D eigenvalue weighted by Crippen LogP contribution is -2.19. The molecule has 1 aromatic carbocycles. The number of nitriles is 1. The zero-order valence-electron chi connectivity index (χ0n) is 18.3. The number of hydrogen-bond acceptors (Lipinski definition) is 7. The summed E-state index contributed by atoms with van der Waals surface area (Å²) in [6.45, 7) is 2.85. The second-order valence-electron chi connectivity index (χ2n) is 7.59. The third-order valence-corrected chi connectivity index (χ3v) is 5.24. The largest absolute Gasteiger partial charge is 0.437 e. The molecule has 13 heteroatoms. The second-order valence-corrected chi connectivity index (χ2v) is 7.59. The maximum absolute atomic E-state index is 13.8. The standard InChI is InChI=1S/C22H16F3N7O3/c1-10-16-14(7-15(19(27)33)28-21(16)35-31-10)20(34)29-17-11(2)32(30-18(17)22(23,24)25)9-13-5-3-12(8-26)4-6-13/h3-7H,9H2,1-2H3,(H2,27,33)(H,29,34). The van der Waals surface area contributed by atoms with Gasteiger partial charge < -0.3 is 15.6 Å². The predicted octanol–water partition coefficient (Wildman–Crippen LogP) is 3.33. The first kappa shape index (κ1) is 23.4. The Morgan fingerprint density at radius 1 is 1.23 bits per heavy atom. The Bertz CT molecular complexity index is 1510. The van der Waals surface area contributed by atoms with Crippen molar-refractivity contribution in [1.29, 1.82) is 5.26 Å². The number of carbonyl (C=O) groups excluding carboxylic acids is 2. The van der Waals surface area contributed by atoms with Gasteiger partial charge in [-0.25, -0.2) is 4.98 Å². The number of primary amides is 1. The average Bonchev–Trinajstić information content (AvgIpc) is 3.34. The molecule has 0 fully saturated rings. The van der Waals surface area contributed by atoms with Gasteiger partial charge in [0.1, 0.15) is 5.69 Å². The number of rotatable bonds is 5. The zero-order valence-corrected chi connectivity index (χ0v) is 18.3. The van der Waals surface area contributed by atoms with Crippen LogP contribution in [-0.4, -0.2) is 31.7 Å². The van der Waals surface area contributed by atoms with E-state index < -0.39 is 29.4 Å². The highest BCUT2D eigenvalue weighted by Crippen LogP contribution is 2.36. The van der Waals surface area contributed by atoms with Gasteiger partial charge in [-0.2, -0.15) is 23.5 Å². The lowest BCUT2D eigenvalue weighted by molar-refractivity contribution is -0.140. The van der Waals surface area contributed by atoms with Crippen molar-refractivity contribution in [1.82, 2.24) is 19.9 Å². The number of nitrogens with one attached hydrogen (secondary N) is 1. The maximum atomic E-state index is 13.8. The van der Waals surface area contributed by atoms with Crippen molar-refractivity contribution in [2.75, 3.05) is 5.32 Å². The third-order valence-electron chi connectivity index (χ3n) is 5.24. The van der Waals surface area contributed by atoms with Crippen molar-refractivity contribution < 1.29 is 27.3 Å². The quantitative estimate of drug-likeness (QED) is 0.441. The van der Waals surface area contributed by atoms with E-state index in [0.29, 0.717) is 11.1 Å². The number of carbonyl (C=O) groups is 2. The molecule has 4 rings (SSSR count). The molecule has 178 valence electrons. The number of alkyl halides is 3. The average molecular weight is 483 g/mol. The van der Waals surface area contributed by atoms with Crippen LogP contribution in [0.3, 0.4) is 0 Å². The Labute approximate surface area is 195 Å². The summed E-state index contributed by atoms with van der Waals surface area (Å²) in [5.74, 6) is -1.92. The highest BCUT2D eigenvalue weighted by atomic mass is 19.4. The summed E-state index contributed by atoms with van der Waals surface area (Å²) in [5.41, 5.74) is 4.05. The Morgan fingerprint density at radius 2 is 1.91 bits per heavy atom. The molecular formula is C22H16F3N7O3. The Balaban J connectivity index is 1.76. The number of halogens is 3. The molecule has 0 saturated carbocycles. The third kappa shape index (κ3) is 4.41. The molecule has 0 atom stereocenters. The number of amides is 2. The molecular weight excluding hydrogens is 467 g/mol. The predicted molar refractivity (Wildman–Crippen MR) is 115 cm³/mol. The Kier molecular flexibility index (Phi) is 5.73. The molecule has 3 aromatic heterocycles. The van der Waals surface area contributed by atoms with Crippen LogP contribution in [-0.2, 0) is 12.7 Å². The van der Waals surface area contributed by atoms with Crippen molar-refractivity contribution in [2.45, 2.75) is 26.6 Å². The first-order chi connectivity index (χ1) is 16.5. The fourth-order valence-electron chi connectivity index (χ4n) is 3.49.